The second-order valence-electron chi connectivity index (χ2n) is 17.0. The van der Waals surface area contributed by atoms with Gasteiger partial charge in [-0.2, -0.15) is 10.5 Å². The lowest BCUT2D eigenvalue weighted by molar-refractivity contribution is 0.103. The first-order valence-corrected chi connectivity index (χ1v) is 22.4. The van der Waals surface area contributed by atoms with Gasteiger partial charge in [-0.15, -0.1) is 22.7 Å². The van der Waals surface area contributed by atoms with Crippen molar-refractivity contribution in [2.75, 3.05) is 0 Å². The van der Waals surface area contributed by atoms with Gasteiger partial charge in [0, 0.05) is 44.2 Å². The minimum absolute atomic E-state index is 0.00799. The molecule has 0 radical (unpaired) electrons. The lowest BCUT2D eigenvalue weighted by Crippen LogP contribution is -2.30. The maximum Gasteiger partial charge on any atom is 0.270 e. The molecule has 8 nitrogen and oxygen atoms in total. The standard InChI is InChI=1S/C50H28F4N6O2S2/c1-58-38(22-57)42-25-15-35(52)37(54)17-27(25)44(62)31(42)19-40-60-48-46(64-40)29-13-32-28(12-33(29)50(48)10-6-3-7-11-50)45-47(49(32)8-4-2-5-9-49)59-39(63-45)18-30-41(23(20-55)21-56)24-14-34(51)36(53)16-26(24)43(30)61/h12-19H,2-11H2/b30-18-,31-19-,42-38-. The highest BCUT2D eigenvalue weighted by molar-refractivity contribution is 7.16. The van der Waals surface area contributed by atoms with Crippen LogP contribution in [0.3, 0.4) is 0 Å². The SMILES string of the molecule is [C-]#[N+]/C(C#N)=C1\C(=C\c2nc3c(s2)-c2cc4c(cc2C32CCCCC2)-c2sc(/C=C3\C(=O)c5cc(F)c(F)cc5C3=C(C#N)C#N)nc2C42CCCCC2)C(=O)c2cc(F)c(F)cc21. The van der Waals surface area contributed by atoms with E-state index in [1.165, 1.54) is 28.7 Å². The van der Waals surface area contributed by atoms with Gasteiger partial charge in [-0.3, -0.25) is 9.59 Å². The fourth-order valence-corrected chi connectivity index (χ4v) is 13.4. The first kappa shape index (κ1) is 39.7. The van der Waals surface area contributed by atoms with Crippen LogP contribution in [0.4, 0.5) is 17.6 Å². The maximum atomic E-state index is 14.5. The van der Waals surface area contributed by atoms with Crippen molar-refractivity contribution in [1.82, 2.24) is 9.97 Å². The van der Waals surface area contributed by atoms with Crippen molar-refractivity contribution >= 4 is 57.5 Å². The molecule has 0 bridgehead atoms. The van der Waals surface area contributed by atoms with E-state index in [4.69, 9.17) is 16.5 Å². The van der Waals surface area contributed by atoms with E-state index in [-0.39, 0.29) is 44.5 Å². The van der Waals surface area contributed by atoms with Gasteiger partial charge in [0.15, 0.2) is 34.8 Å². The number of hydrogen-bond acceptors (Lipinski definition) is 9. The molecule has 64 heavy (non-hydrogen) atoms. The number of ketones is 2. The number of aromatic nitrogens is 2. The van der Waals surface area contributed by atoms with Crippen molar-refractivity contribution < 1.29 is 27.2 Å². The summed E-state index contributed by atoms with van der Waals surface area (Å²) in [5.41, 5.74) is 4.03. The summed E-state index contributed by atoms with van der Waals surface area (Å²) >= 11 is 2.80. The molecule has 0 amide bonds. The quantitative estimate of drug-likeness (QED) is 0.0745. The smallest absolute Gasteiger partial charge is 0.270 e. The van der Waals surface area contributed by atoms with Crippen LogP contribution in [0.25, 0.3) is 49.0 Å². The number of carbonyl (C=O) groups is 2. The number of Topliss-reactive ketones (excluding diaryl/α,β-unsaturated/α-hetero) is 2. The third kappa shape index (κ3) is 5.34. The highest BCUT2D eigenvalue weighted by Gasteiger charge is 2.52. The van der Waals surface area contributed by atoms with Crippen LogP contribution in [0.5, 0.6) is 0 Å². The van der Waals surface area contributed by atoms with Crippen LogP contribution in [0.15, 0.2) is 58.8 Å². The molecule has 0 atom stereocenters. The average Bonchev–Trinajstić information content (AvgIpc) is 4.12. The average molecular weight is 885 g/mol. The van der Waals surface area contributed by atoms with Gasteiger partial charge < -0.3 is 0 Å². The summed E-state index contributed by atoms with van der Waals surface area (Å²) in [6.45, 7) is 7.67. The van der Waals surface area contributed by atoms with Gasteiger partial charge in [0.2, 0.25) is 0 Å². The predicted molar refractivity (Wildman–Crippen MR) is 231 cm³/mol. The van der Waals surface area contributed by atoms with Gasteiger partial charge in [-0.05, 0) is 108 Å². The fourth-order valence-electron chi connectivity index (χ4n) is 11.2. The molecule has 2 fully saturated rings. The molecular weight excluding hydrogens is 857 g/mol. The van der Waals surface area contributed by atoms with Crippen molar-refractivity contribution in [3.63, 3.8) is 0 Å². The zero-order chi connectivity index (χ0) is 44.4. The summed E-state index contributed by atoms with van der Waals surface area (Å²) in [5.74, 6) is -6.07. The summed E-state index contributed by atoms with van der Waals surface area (Å²) in [4.78, 5) is 43.4. The number of nitriles is 3. The third-order valence-corrected chi connectivity index (χ3v) is 16.0. The molecule has 2 heterocycles. The molecule has 11 rings (SSSR count). The van der Waals surface area contributed by atoms with E-state index in [2.05, 4.69) is 17.0 Å². The van der Waals surface area contributed by atoms with E-state index in [0.29, 0.717) is 10.0 Å². The minimum atomic E-state index is -1.21. The number of allylic oxidation sites excluding steroid dienone is 6. The van der Waals surface area contributed by atoms with Crippen molar-refractivity contribution in [2.45, 2.75) is 75.0 Å². The summed E-state index contributed by atoms with van der Waals surface area (Å²) in [7, 11) is 0. The van der Waals surface area contributed by atoms with Crippen LogP contribution in [-0.2, 0) is 10.8 Å². The van der Waals surface area contributed by atoms with Gasteiger partial charge in [0.05, 0.1) is 33.8 Å². The zero-order valence-corrected chi connectivity index (χ0v) is 35.2. The summed E-state index contributed by atoms with van der Waals surface area (Å²) in [6, 6.07) is 13.4. The Hall–Kier alpha value is -7.10. The molecule has 6 aliphatic carbocycles. The van der Waals surface area contributed by atoms with E-state index in [0.717, 1.165) is 132 Å². The topological polar surface area (TPSA) is 136 Å². The Morgan fingerprint density at radius 2 is 1.00 bits per heavy atom. The minimum Gasteiger partial charge on any atom is -0.289 e. The van der Waals surface area contributed by atoms with E-state index in [9.17, 15) is 42.9 Å². The van der Waals surface area contributed by atoms with E-state index < -0.39 is 56.9 Å². The molecule has 310 valence electrons. The van der Waals surface area contributed by atoms with Crippen molar-refractivity contribution in [1.29, 1.82) is 15.8 Å². The second kappa shape index (κ2) is 14.2. The Labute approximate surface area is 371 Å². The van der Waals surface area contributed by atoms with Gasteiger partial charge in [0.1, 0.15) is 27.7 Å². The molecule has 5 aromatic rings. The third-order valence-electron chi connectivity index (χ3n) is 13.9. The molecule has 0 unspecified atom stereocenters. The van der Waals surface area contributed by atoms with Crippen LogP contribution in [0.1, 0.15) is 129 Å². The lowest BCUT2D eigenvalue weighted by atomic mass is 9.67. The molecule has 2 aromatic heterocycles. The van der Waals surface area contributed by atoms with Crippen LogP contribution >= 0.6 is 22.7 Å². The highest BCUT2D eigenvalue weighted by Crippen LogP contribution is 2.64. The van der Waals surface area contributed by atoms with Gasteiger partial charge in [-0.1, -0.05) is 38.5 Å². The van der Waals surface area contributed by atoms with Crippen LogP contribution in [0.2, 0.25) is 0 Å². The molecule has 14 heteroatoms. The second-order valence-corrected chi connectivity index (χ2v) is 19.1. The predicted octanol–water partition coefficient (Wildman–Crippen LogP) is 12.1. The van der Waals surface area contributed by atoms with Crippen molar-refractivity contribution in [3.05, 3.63) is 148 Å². The van der Waals surface area contributed by atoms with Gasteiger partial charge in [0.25, 0.3) is 5.70 Å². The Morgan fingerprint density at radius 3 is 1.41 bits per heavy atom. The molecule has 2 spiro atoms. The number of nitrogens with zero attached hydrogens (tertiary/aromatic N) is 6. The van der Waals surface area contributed by atoms with Crippen molar-refractivity contribution in [3.8, 4) is 39.1 Å². The van der Waals surface area contributed by atoms with Gasteiger partial charge in [-0.25, -0.2) is 37.6 Å². The summed E-state index contributed by atoms with van der Waals surface area (Å²) < 4.78 is 57.9. The monoisotopic (exact) mass is 884 g/mol. The molecule has 0 saturated heterocycles. The molecule has 2 saturated carbocycles. The van der Waals surface area contributed by atoms with E-state index in [1.54, 1.807) is 6.08 Å². The summed E-state index contributed by atoms with van der Waals surface area (Å²) in [6.07, 6.45) is 12.3. The number of hydrogen-bond donors (Lipinski definition) is 0. The Kier molecular flexibility index (Phi) is 8.82. The molecule has 6 aliphatic rings. The van der Waals surface area contributed by atoms with Crippen LogP contribution in [-0.4, -0.2) is 21.5 Å². The maximum absolute atomic E-state index is 14.5. The Bertz CT molecular complexity index is 3130. The number of fused-ring (bicyclic) bond motifs is 12. The number of benzene rings is 3. The van der Waals surface area contributed by atoms with E-state index >= 15 is 0 Å². The number of thiazole rings is 2. The number of carbonyl (C=O) groups excluding carboxylic acids is 2. The Morgan fingerprint density at radius 1 is 0.594 bits per heavy atom. The lowest BCUT2D eigenvalue weighted by Gasteiger charge is -2.36. The highest BCUT2D eigenvalue weighted by atomic mass is 32.1. The van der Waals surface area contributed by atoms with Crippen LogP contribution in [0, 0.1) is 63.8 Å². The first-order chi connectivity index (χ1) is 31.0. The van der Waals surface area contributed by atoms with Gasteiger partial charge >= 0.3 is 0 Å². The van der Waals surface area contributed by atoms with Crippen LogP contribution < -0.4 is 0 Å². The molecule has 3 aromatic carbocycles. The van der Waals surface area contributed by atoms with E-state index in [1.807, 2.05) is 18.2 Å². The normalized spacial score (nSPS) is 20.0. The van der Waals surface area contributed by atoms with Crippen molar-refractivity contribution in [2.24, 2.45) is 0 Å². The number of rotatable bonds is 2. The summed E-state index contributed by atoms with van der Waals surface area (Å²) in [5, 5.41) is 30.6. The zero-order valence-electron chi connectivity index (χ0n) is 33.5. The Balaban J connectivity index is 1.07. The molecule has 0 N–H and O–H groups in total. The molecular formula is C50H28F4N6O2S2. The number of halogens is 4. The largest absolute Gasteiger partial charge is 0.289 e. The fraction of sp³-hybridized carbons (Fsp3) is 0.240. The first-order valence-electron chi connectivity index (χ1n) is 20.8. The molecule has 0 aliphatic heterocycles.